The minimum atomic E-state index is -0.278. The van der Waals surface area contributed by atoms with E-state index in [2.05, 4.69) is 31.2 Å². The first-order valence-electron chi connectivity index (χ1n) is 4.60. The van der Waals surface area contributed by atoms with Crippen LogP contribution in [-0.4, -0.2) is 15.9 Å². The lowest BCUT2D eigenvalue weighted by Gasteiger charge is -2.03. The van der Waals surface area contributed by atoms with Crippen LogP contribution in [0.25, 0.3) is 0 Å². The molecule has 0 bridgehead atoms. The van der Waals surface area contributed by atoms with E-state index in [1.807, 2.05) is 0 Å². The summed E-state index contributed by atoms with van der Waals surface area (Å²) in [5, 5.41) is 2.65. The molecule has 2 aromatic heterocycles. The number of hydrogen-bond donors (Lipinski definition) is 1. The number of amides is 1. The largest absolute Gasteiger partial charge is 0.305 e. The van der Waals surface area contributed by atoms with Crippen LogP contribution in [0, 0.1) is 0 Å². The molecule has 2 heterocycles. The van der Waals surface area contributed by atoms with Crippen molar-refractivity contribution in [3.63, 3.8) is 0 Å². The lowest BCUT2D eigenvalue weighted by molar-refractivity contribution is 0.102. The van der Waals surface area contributed by atoms with Crippen LogP contribution in [0.4, 0.5) is 5.82 Å². The van der Waals surface area contributed by atoms with E-state index in [-0.39, 0.29) is 5.91 Å². The van der Waals surface area contributed by atoms with Gasteiger partial charge in [-0.3, -0.25) is 4.79 Å². The number of nitrogens with one attached hydrogen (secondary N) is 1. The van der Waals surface area contributed by atoms with Crippen LogP contribution in [0.15, 0.2) is 47.2 Å². The summed E-state index contributed by atoms with van der Waals surface area (Å²) in [6.45, 7) is 0. The van der Waals surface area contributed by atoms with E-state index in [1.54, 1.807) is 42.6 Å². The number of carbonyl (C=O) groups excluding carboxylic acids is 1. The Kier molecular flexibility index (Phi) is 3.26. The molecule has 0 fully saturated rings. The van der Waals surface area contributed by atoms with Gasteiger partial charge in [0.25, 0.3) is 5.91 Å². The molecule has 0 aromatic carbocycles. The molecule has 0 saturated heterocycles. The van der Waals surface area contributed by atoms with Crippen molar-refractivity contribution in [3.05, 3.63) is 52.9 Å². The monoisotopic (exact) mass is 277 g/mol. The Morgan fingerprint density at radius 2 is 2.06 bits per heavy atom. The third-order valence-electron chi connectivity index (χ3n) is 1.85. The van der Waals surface area contributed by atoms with Crippen molar-refractivity contribution in [1.82, 2.24) is 9.97 Å². The highest BCUT2D eigenvalue weighted by atomic mass is 79.9. The summed E-state index contributed by atoms with van der Waals surface area (Å²) in [5.41, 5.74) is 0.347. The summed E-state index contributed by atoms with van der Waals surface area (Å²) < 4.78 is 0.626. The maximum absolute atomic E-state index is 11.7. The Labute approximate surface area is 101 Å². The number of aromatic nitrogens is 2. The normalized spacial score (nSPS) is 9.81. The van der Waals surface area contributed by atoms with Crippen LogP contribution in [-0.2, 0) is 0 Å². The second kappa shape index (κ2) is 4.85. The van der Waals surface area contributed by atoms with Crippen LogP contribution in [0.1, 0.15) is 10.5 Å². The second-order valence-electron chi connectivity index (χ2n) is 3.01. The highest BCUT2D eigenvalue weighted by Gasteiger charge is 2.07. The van der Waals surface area contributed by atoms with Crippen LogP contribution < -0.4 is 5.32 Å². The summed E-state index contributed by atoms with van der Waals surface area (Å²) in [7, 11) is 0. The number of anilines is 1. The topological polar surface area (TPSA) is 54.9 Å². The number of halogens is 1. The van der Waals surface area contributed by atoms with Gasteiger partial charge in [0.05, 0.1) is 0 Å². The SMILES string of the molecule is O=C(Nc1ccccn1)c1cccc(Br)n1. The van der Waals surface area contributed by atoms with Gasteiger partial charge in [-0.15, -0.1) is 0 Å². The van der Waals surface area contributed by atoms with Crippen LogP contribution >= 0.6 is 15.9 Å². The van der Waals surface area contributed by atoms with Gasteiger partial charge in [0.1, 0.15) is 16.1 Å². The van der Waals surface area contributed by atoms with Crippen molar-refractivity contribution in [1.29, 1.82) is 0 Å². The van der Waals surface area contributed by atoms with Gasteiger partial charge in [0.15, 0.2) is 0 Å². The maximum Gasteiger partial charge on any atom is 0.275 e. The molecule has 2 rings (SSSR count). The van der Waals surface area contributed by atoms with Gasteiger partial charge < -0.3 is 5.32 Å². The third-order valence-corrected chi connectivity index (χ3v) is 2.30. The zero-order chi connectivity index (χ0) is 11.4. The molecule has 4 nitrogen and oxygen atoms in total. The quantitative estimate of drug-likeness (QED) is 0.859. The second-order valence-corrected chi connectivity index (χ2v) is 3.83. The lowest BCUT2D eigenvalue weighted by Crippen LogP contribution is -2.14. The van der Waals surface area contributed by atoms with E-state index < -0.39 is 0 Å². The van der Waals surface area contributed by atoms with Gasteiger partial charge in [-0.2, -0.15) is 0 Å². The molecule has 0 radical (unpaired) electrons. The molecule has 0 saturated carbocycles. The van der Waals surface area contributed by atoms with E-state index in [1.165, 1.54) is 0 Å². The molecule has 0 aliphatic rings. The summed E-state index contributed by atoms with van der Waals surface area (Å²) in [5.74, 6) is 0.231. The zero-order valence-electron chi connectivity index (χ0n) is 8.22. The van der Waals surface area contributed by atoms with Crippen LogP contribution in [0.2, 0.25) is 0 Å². The van der Waals surface area contributed by atoms with Crippen molar-refractivity contribution in [2.24, 2.45) is 0 Å². The predicted molar refractivity (Wildman–Crippen MR) is 64.1 cm³/mol. The molecule has 80 valence electrons. The molecule has 0 spiro atoms. The Balaban J connectivity index is 2.15. The van der Waals surface area contributed by atoms with Gasteiger partial charge in [0, 0.05) is 6.20 Å². The summed E-state index contributed by atoms with van der Waals surface area (Å²) >= 11 is 3.21. The van der Waals surface area contributed by atoms with Crippen molar-refractivity contribution >= 4 is 27.7 Å². The average Bonchev–Trinajstić information content (AvgIpc) is 2.30. The molecular weight excluding hydrogens is 270 g/mol. The third kappa shape index (κ3) is 2.64. The lowest BCUT2D eigenvalue weighted by atomic mass is 10.3. The first-order valence-corrected chi connectivity index (χ1v) is 5.40. The minimum Gasteiger partial charge on any atom is -0.305 e. The van der Waals surface area contributed by atoms with Gasteiger partial charge in [0.2, 0.25) is 0 Å². The summed E-state index contributed by atoms with van der Waals surface area (Å²) in [6.07, 6.45) is 1.62. The predicted octanol–water partition coefficient (Wildman–Crippen LogP) is 2.49. The van der Waals surface area contributed by atoms with Crippen LogP contribution in [0.5, 0.6) is 0 Å². The number of nitrogens with zero attached hydrogens (tertiary/aromatic N) is 2. The Morgan fingerprint density at radius 1 is 1.19 bits per heavy atom. The Hall–Kier alpha value is -1.75. The molecule has 0 aliphatic heterocycles. The number of rotatable bonds is 2. The molecular formula is C11H8BrN3O. The summed E-state index contributed by atoms with van der Waals surface area (Å²) in [4.78, 5) is 19.8. The van der Waals surface area contributed by atoms with Crippen molar-refractivity contribution in [3.8, 4) is 0 Å². The van der Waals surface area contributed by atoms with Gasteiger partial charge in [-0.25, -0.2) is 9.97 Å². The first kappa shape index (κ1) is 10.8. The molecule has 0 unspecified atom stereocenters. The summed E-state index contributed by atoms with van der Waals surface area (Å²) in [6, 6.07) is 10.5. The highest BCUT2D eigenvalue weighted by molar-refractivity contribution is 9.10. The number of carbonyl (C=O) groups is 1. The van der Waals surface area contributed by atoms with Gasteiger partial charge in [-0.05, 0) is 40.2 Å². The molecule has 0 atom stereocenters. The molecule has 5 heteroatoms. The number of pyridine rings is 2. The van der Waals surface area contributed by atoms with Crippen molar-refractivity contribution in [2.45, 2.75) is 0 Å². The van der Waals surface area contributed by atoms with E-state index in [4.69, 9.17) is 0 Å². The van der Waals surface area contributed by atoms with Crippen molar-refractivity contribution < 1.29 is 4.79 Å². The average molecular weight is 278 g/mol. The Morgan fingerprint density at radius 3 is 2.75 bits per heavy atom. The molecule has 0 aliphatic carbocycles. The minimum absolute atomic E-state index is 0.278. The van der Waals surface area contributed by atoms with Crippen molar-refractivity contribution in [2.75, 3.05) is 5.32 Å². The van der Waals surface area contributed by atoms with Crippen LogP contribution in [0.3, 0.4) is 0 Å². The first-order chi connectivity index (χ1) is 7.75. The zero-order valence-corrected chi connectivity index (χ0v) is 9.81. The van der Waals surface area contributed by atoms with E-state index in [0.29, 0.717) is 16.1 Å². The van der Waals surface area contributed by atoms with E-state index in [9.17, 15) is 4.79 Å². The molecule has 2 aromatic rings. The standard InChI is InChI=1S/C11H8BrN3O/c12-9-5-3-4-8(14-9)11(16)15-10-6-1-2-7-13-10/h1-7H,(H,13,15,16). The fourth-order valence-electron chi connectivity index (χ4n) is 1.15. The highest BCUT2D eigenvalue weighted by Crippen LogP contribution is 2.08. The van der Waals surface area contributed by atoms with E-state index >= 15 is 0 Å². The fourth-order valence-corrected chi connectivity index (χ4v) is 1.50. The molecule has 1 amide bonds. The molecule has 16 heavy (non-hydrogen) atoms. The molecule has 1 N–H and O–H groups in total. The fraction of sp³-hybridized carbons (Fsp3) is 0. The van der Waals surface area contributed by atoms with Gasteiger partial charge in [-0.1, -0.05) is 12.1 Å². The maximum atomic E-state index is 11.7. The van der Waals surface area contributed by atoms with E-state index in [0.717, 1.165) is 0 Å². The number of hydrogen-bond acceptors (Lipinski definition) is 3. The smallest absolute Gasteiger partial charge is 0.275 e. The Bertz CT molecular complexity index is 502. The van der Waals surface area contributed by atoms with Gasteiger partial charge >= 0.3 is 0 Å².